The number of hydrogen-bond donors (Lipinski definition) is 0. The van der Waals surface area contributed by atoms with Crippen LogP contribution >= 0.6 is 11.3 Å². The Balaban J connectivity index is 1.29. The molecule has 0 bridgehead atoms. The largest absolute Gasteiger partial charge is 0.373 e. The molecular weight excluding hydrogens is 432 g/mol. The molecule has 0 N–H and O–H groups in total. The van der Waals surface area contributed by atoms with Crippen LogP contribution in [0.1, 0.15) is 36.1 Å². The number of rotatable bonds is 6. The Morgan fingerprint density at radius 3 is 2.48 bits per heavy atom. The summed E-state index contributed by atoms with van der Waals surface area (Å²) in [6, 6.07) is 13.6. The molecule has 1 aromatic carbocycles. The number of carbonyl (C=O) groups excluding carboxylic acids is 1. The van der Waals surface area contributed by atoms with Gasteiger partial charge in [-0.2, -0.15) is 4.31 Å². The van der Waals surface area contributed by atoms with E-state index in [1.165, 1.54) is 15.6 Å². The van der Waals surface area contributed by atoms with Gasteiger partial charge in [0.05, 0.1) is 18.6 Å². The Morgan fingerprint density at radius 2 is 1.81 bits per heavy atom. The minimum atomic E-state index is -3.52. The van der Waals surface area contributed by atoms with Crippen molar-refractivity contribution in [1.82, 2.24) is 9.21 Å². The zero-order valence-corrected chi connectivity index (χ0v) is 19.5. The summed E-state index contributed by atoms with van der Waals surface area (Å²) in [5, 5.41) is 0. The van der Waals surface area contributed by atoms with Crippen LogP contribution in [0.4, 0.5) is 0 Å². The second kappa shape index (κ2) is 9.81. The van der Waals surface area contributed by atoms with E-state index in [4.69, 9.17) is 4.74 Å². The third-order valence-electron chi connectivity index (χ3n) is 6.13. The van der Waals surface area contributed by atoms with Gasteiger partial charge in [0, 0.05) is 31.1 Å². The molecule has 8 heteroatoms. The van der Waals surface area contributed by atoms with Gasteiger partial charge in [-0.1, -0.05) is 30.3 Å². The van der Waals surface area contributed by atoms with E-state index in [9.17, 15) is 13.2 Å². The minimum absolute atomic E-state index is 0.0868. The first-order valence-electron chi connectivity index (χ1n) is 10.9. The Morgan fingerprint density at radius 1 is 1.06 bits per heavy atom. The van der Waals surface area contributed by atoms with Crippen LogP contribution in [0, 0.1) is 12.8 Å². The molecular formula is C23H30N2O4S2. The highest BCUT2D eigenvalue weighted by molar-refractivity contribution is 7.91. The summed E-state index contributed by atoms with van der Waals surface area (Å²) in [7, 11) is -3.52. The first-order valence-corrected chi connectivity index (χ1v) is 13.2. The quantitative estimate of drug-likeness (QED) is 0.657. The van der Waals surface area contributed by atoms with Gasteiger partial charge < -0.3 is 9.64 Å². The lowest BCUT2D eigenvalue weighted by Gasteiger charge is -2.37. The Labute approximate surface area is 188 Å². The molecule has 0 spiro atoms. The number of nitrogens with zero attached hydrogens (tertiary/aromatic N) is 2. The number of piperidine rings is 2. The molecule has 2 aromatic rings. The number of ether oxygens (including phenoxy) is 1. The van der Waals surface area contributed by atoms with E-state index in [2.05, 4.69) is 12.1 Å². The predicted molar refractivity (Wildman–Crippen MR) is 121 cm³/mol. The van der Waals surface area contributed by atoms with E-state index in [-0.39, 0.29) is 24.5 Å². The molecule has 2 aliphatic heterocycles. The summed E-state index contributed by atoms with van der Waals surface area (Å²) < 4.78 is 33.8. The second-order valence-electron chi connectivity index (χ2n) is 8.39. The fourth-order valence-corrected chi connectivity index (χ4v) is 7.29. The number of hydrogen-bond acceptors (Lipinski definition) is 5. The molecule has 6 nitrogen and oxygen atoms in total. The molecule has 2 saturated heterocycles. The highest BCUT2D eigenvalue weighted by Gasteiger charge is 2.36. The SMILES string of the molecule is Cc1ccc(S(=O)(=O)N2CCCC(C(=O)N3CCC(OCc4ccccc4)CC3)C2)s1. The smallest absolute Gasteiger partial charge is 0.252 e. The monoisotopic (exact) mass is 462 g/mol. The van der Waals surface area contributed by atoms with Crippen LogP contribution in [-0.4, -0.2) is 55.8 Å². The van der Waals surface area contributed by atoms with E-state index >= 15 is 0 Å². The number of amides is 1. The zero-order chi connectivity index (χ0) is 21.8. The van der Waals surface area contributed by atoms with Crippen LogP contribution in [0.3, 0.4) is 0 Å². The molecule has 0 radical (unpaired) electrons. The van der Waals surface area contributed by atoms with Gasteiger partial charge in [0.2, 0.25) is 5.91 Å². The van der Waals surface area contributed by atoms with Crippen LogP contribution < -0.4 is 0 Å². The van der Waals surface area contributed by atoms with Crippen molar-refractivity contribution in [3.8, 4) is 0 Å². The van der Waals surface area contributed by atoms with Crippen LogP contribution in [0.2, 0.25) is 0 Å². The van der Waals surface area contributed by atoms with Crippen molar-refractivity contribution in [2.75, 3.05) is 26.2 Å². The van der Waals surface area contributed by atoms with Gasteiger partial charge in [-0.05, 0) is 50.3 Å². The van der Waals surface area contributed by atoms with Crippen LogP contribution in [0.5, 0.6) is 0 Å². The summed E-state index contributed by atoms with van der Waals surface area (Å²) in [6.07, 6.45) is 3.27. The Kier molecular flexibility index (Phi) is 7.11. The molecule has 0 aliphatic carbocycles. The topological polar surface area (TPSA) is 66.9 Å². The average Bonchev–Trinajstić information content (AvgIpc) is 3.25. The number of likely N-dealkylation sites (tertiary alicyclic amines) is 1. The number of carbonyl (C=O) groups is 1. The molecule has 2 aliphatic rings. The van der Waals surface area contributed by atoms with E-state index in [1.807, 2.05) is 36.1 Å². The standard InChI is InChI=1S/C23H30N2O4S2/c1-18-9-10-22(30-18)31(27,28)25-13-5-8-20(16-25)23(26)24-14-11-21(12-15-24)29-17-19-6-3-2-4-7-19/h2-4,6-7,9-10,20-21H,5,8,11-17H2,1H3. The lowest BCUT2D eigenvalue weighted by Crippen LogP contribution is -2.49. The highest BCUT2D eigenvalue weighted by Crippen LogP contribution is 2.29. The lowest BCUT2D eigenvalue weighted by atomic mass is 9.96. The van der Waals surface area contributed by atoms with Crippen molar-refractivity contribution >= 4 is 27.3 Å². The fourth-order valence-electron chi connectivity index (χ4n) is 4.33. The molecule has 3 heterocycles. The molecule has 4 rings (SSSR count). The van der Waals surface area contributed by atoms with Gasteiger partial charge in [-0.15, -0.1) is 11.3 Å². The van der Waals surface area contributed by atoms with Crippen LogP contribution in [0.25, 0.3) is 0 Å². The van der Waals surface area contributed by atoms with E-state index in [1.54, 1.807) is 6.07 Å². The summed E-state index contributed by atoms with van der Waals surface area (Å²) in [6.45, 7) is 4.61. The summed E-state index contributed by atoms with van der Waals surface area (Å²) in [5.74, 6) is -0.171. The molecule has 31 heavy (non-hydrogen) atoms. The summed E-state index contributed by atoms with van der Waals surface area (Å²) in [5.41, 5.74) is 1.16. The van der Waals surface area contributed by atoms with Gasteiger partial charge in [0.15, 0.2) is 0 Å². The van der Waals surface area contributed by atoms with Gasteiger partial charge in [0.1, 0.15) is 4.21 Å². The first kappa shape index (κ1) is 22.5. The normalized spacial score (nSPS) is 21.3. The van der Waals surface area contributed by atoms with E-state index in [0.29, 0.717) is 30.5 Å². The van der Waals surface area contributed by atoms with Crippen molar-refractivity contribution in [3.63, 3.8) is 0 Å². The minimum Gasteiger partial charge on any atom is -0.373 e. The number of benzene rings is 1. The van der Waals surface area contributed by atoms with Crippen molar-refractivity contribution in [1.29, 1.82) is 0 Å². The van der Waals surface area contributed by atoms with Crippen molar-refractivity contribution in [2.45, 2.75) is 49.5 Å². The maximum Gasteiger partial charge on any atom is 0.252 e. The average molecular weight is 463 g/mol. The van der Waals surface area contributed by atoms with Gasteiger partial charge in [-0.25, -0.2) is 8.42 Å². The van der Waals surface area contributed by atoms with Crippen molar-refractivity contribution in [3.05, 3.63) is 52.9 Å². The molecule has 168 valence electrons. The maximum absolute atomic E-state index is 13.1. The molecule has 1 aromatic heterocycles. The van der Waals surface area contributed by atoms with Gasteiger partial charge in [0.25, 0.3) is 10.0 Å². The third kappa shape index (κ3) is 5.37. The second-order valence-corrected chi connectivity index (χ2v) is 11.8. The van der Waals surface area contributed by atoms with Gasteiger partial charge >= 0.3 is 0 Å². The zero-order valence-electron chi connectivity index (χ0n) is 17.9. The molecule has 1 atom stereocenters. The van der Waals surface area contributed by atoms with Crippen LogP contribution in [0.15, 0.2) is 46.7 Å². The third-order valence-corrected chi connectivity index (χ3v) is 9.46. The molecule has 2 fully saturated rings. The number of sulfonamides is 1. The molecule has 1 amide bonds. The Bertz CT molecular complexity index is 982. The predicted octanol–water partition coefficient (Wildman–Crippen LogP) is 3.67. The van der Waals surface area contributed by atoms with Gasteiger partial charge in [-0.3, -0.25) is 4.79 Å². The molecule has 1 unspecified atom stereocenters. The fraction of sp³-hybridized carbons (Fsp3) is 0.522. The number of aryl methyl sites for hydroxylation is 1. The first-order chi connectivity index (χ1) is 14.9. The van der Waals surface area contributed by atoms with Crippen molar-refractivity contribution < 1.29 is 17.9 Å². The lowest BCUT2D eigenvalue weighted by molar-refractivity contribution is -0.139. The van der Waals surface area contributed by atoms with Crippen LogP contribution in [-0.2, 0) is 26.2 Å². The van der Waals surface area contributed by atoms with E-state index in [0.717, 1.165) is 36.1 Å². The van der Waals surface area contributed by atoms with Crippen molar-refractivity contribution in [2.24, 2.45) is 5.92 Å². The molecule has 0 saturated carbocycles. The summed E-state index contributed by atoms with van der Waals surface area (Å²) in [4.78, 5) is 16.0. The maximum atomic E-state index is 13.1. The highest BCUT2D eigenvalue weighted by atomic mass is 32.2. The van der Waals surface area contributed by atoms with E-state index < -0.39 is 10.0 Å². The number of thiophene rings is 1. The Hall–Kier alpha value is -1.74. The summed E-state index contributed by atoms with van der Waals surface area (Å²) >= 11 is 1.29.